The van der Waals surface area contributed by atoms with E-state index in [4.69, 9.17) is 32.3 Å². The first-order valence-electron chi connectivity index (χ1n) is 44.4. The SMILES string of the molecule is CC/C=C\C/C=C\C/C=C\C/C=C\C/C=C\CCCCCCCCCCCCCC(=O)OCC(O)COP(=O)(O)OCC(O)COP(=O)(O)OCC(COC(=O)CCCCCCCCCCC/C=C\C/C=C\C/C=C\C/C=C\C/C=C\CC)OC(=O)CCCCCCCCCCC/C=C\C/C=C\C/C=C\C/C=C\CCCCC. The summed E-state index contributed by atoms with van der Waals surface area (Å²) in [7, 11) is -9.82. The summed E-state index contributed by atoms with van der Waals surface area (Å²) >= 11 is 0. The Morgan fingerprint density at radius 3 is 0.743 bits per heavy atom. The van der Waals surface area contributed by atoms with Crippen molar-refractivity contribution < 1.29 is 75.8 Å². The summed E-state index contributed by atoms with van der Waals surface area (Å²) in [6.07, 6.45) is 111. The number of rotatable bonds is 83. The minimum atomic E-state index is -4.95. The second-order valence-corrected chi connectivity index (χ2v) is 32.2. The van der Waals surface area contributed by atoms with Crippen molar-refractivity contribution in [1.29, 1.82) is 0 Å². The molecule has 0 amide bonds. The van der Waals surface area contributed by atoms with Gasteiger partial charge in [0.1, 0.15) is 25.4 Å². The number of ether oxygens (including phenoxy) is 3. The van der Waals surface area contributed by atoms with Gasteiger partial charge in [0.2, 0.25) is 0 Å². The van der Waals surface area contributed by atoms with Crippen molar-refractivity contribution in [1.82, 2.24) is 0 Å². The van der Waals surface area contributed by atoms with Gasteiger partial charge in [-0.2, -0.15) is 0 Å². The lowest BCUT2D eigenvalue weighted by Gasteiger charge is -2.21. The standard InChI is InChI=1S/C95H160O16P2/c1-4-7-10-13-16-19-22-25-28-31-34-37-40-43-44-47-49-51-54-57-60-63-66-69-72-75-78-81-93(98)105-84-90(96)85-107-112(101,102)108-86-91(97)87-109-113(103,104)110-89-92(111-95(100)83-80-77-74-71-68-65-62-59-56-53-50-46-42-39-36-33-30-27-24-21-18-15-12-9-6-3)88-106-94(99)82-79-76-73-70-67-64-61-58-55-52-48-45-41-38-35-32-29-26-23-20-17-14-11-8-5-2/h7-8,10-11,16-21,25-30,34-39,43-46,48,50,90-92,96-97H,4-6,9,12-15,22-24,31-33,40-42,47,49,51-89H2,1-3H3,(H,101,102)(H,103,104)/b10-7-,11-8-,19-16-,20-17-,21-18-,28-25-,29-26-,30-27-,37-34-,38-35-,39-36-,44-43-,48-45-,50-46-. The molecule has 5 atom stereocenters. The van der Waals surface area contributed by atoms with Crippen molar-refractivity contribution in [2.24, 2.45) is 0 Å². The maximum Gasteiger partial charge on any atom is 0.472 e. The molecule has 0 fully saturated rings. The number of carbonyl (C=O) groups is 3. The highest BCUT2D eigenvalue weighted by molar-refractivity contribution is 7.47. The number of esters is 3. The summed E-state index contributed by atoms with van der Waals surface area (Å²) in [5.41, 5.74) is 0. The van der Waals surface area contributed by atoms with Crippen LogP contribution in [0.3, 0.4) is 0 Å². The monoisotopic (exact) mass is 1620 g/mol. The number of unbranched alkanes of at least 4 members (excludes halogenated alkanes) is 32. The second kappa shape index (κ2) is 86.3. The van der Waals surface area contributed by atoms with Crippen LogP contribution in [0.4, 0.5) is 0 Å². The normalized spacial score (nSPS) is 14.6. The molecule has 16 nitrogen and oxygen atoms in total. The van der Waals surface area contributed by atoms with Gasteiger partial charge in [-0.15, -0.1) is 0 Å². The first-order chi connectivity index (χ1) is 55.2. The van der Waals surface area contributed by atoms with Crippen LogP contribution in [0.25, 0.3) is 0 Å². The molecule has 0 bridgehead atoms. The molecule has 4 N–H and O–H groups in total. The Balaban J connectivity index is 4.69. The highest BCUT2D eigenvalue weighted by Crippen LogP contribution is 2.45. The van der Waals surface area contributed by atoms with Crippen LogP contribution in [-0.2, 0) is 55.8 Å². The van der Waals surface area contributed by atoms with Crippen molar-refractivity contribution in [3.8, 4) is 0 Å². The highest BCUT2D eigenvalue weighted by Gasteiger charge is 2.29. The van der Waals surface area contributed by atoms with Crippen LogP contribution in [0, 0.1) is 0 Å². The molecule has 0 aliphatic heterocycles. The Bertz CT molecular complexity index is 2730. The summed E-state index contributed by atoms with van der Waals surface area (Å²) in [6.45, 7) is 2.44. The van der Waals surface area contributed by atoms with Crippen molar-refractivity contribution in [2.75, 3.05) is 39.6 Å². The van der Waals surface area contributed by atoms with Crippen LogP contribution in [0.1, 0.15) is 355 Å². The van der Waals surface area contributed by atoms with Gasteiger partial charge in [0.25, 0.3) is 0 Å². The molecule has 0 rings (SSSR count). The summed E-state index contributed by atoms with van der Waals surface area (Å²) < 4.78 is 61.5. The summed E-state index contributed by atoms with van der Waals surface area (Å²) in [5.74, 6) is -1.59. The van der Waals surface area contributed by atoms with E-state index in [0.29, 0.717) is 19.3 Å². The van der Waals surface area contributed by atoms with Crippen LogP contribution in [0.2, 0.25) is 0 Å². The van der Waals surface area contributed by atoms with E-state index in [-0.39, 0.29) is 19.3 Å². The van der Waals surface area contributed by atoms with Gasteiger partial charge in [-0.1, -0.05) is 351 Å². The molecule has 5 unspecified atom stereocenters. The minimum Gasteiger partial charge on any atom is -0.463 e. The summed E-state index contributed by atoms with van der Waals surface area (Å²) in [6, 6.07) is 0. The molecule has 0 radical (unpaired) electrons. The molecular weight excluding hydrogens is 1460 g/mol. The van der Waals surface area contributed by atoms with Gasteiger partial charge in [-0.3, -0.25) is 32.5 Å². The Hall–Kier alpha value is -5.09. The molecular formula is C95H160O16P2. The van der Waals surface area contributed by atoms with E-state index in [0.717, 1.165) is 173 Å². The molecule has 0 heterocycles. The Morgan fingerprint density at radius 2 is 0.469 bits per heavy atom. The summed E-state index contributed by atoms with van der Waals surface area (Å²) in [4.78, 5) is 59.0. The van der Waals surface area contributed by atoms with Crippen LogP contribution in [0.15, 0.2) is 170 Å². The molecule has 18 heteroatoms. The number of aliphatic hydroxyl groups is 2. The van der Waals surface area contributed by atoms with Crippen molar-refractivity contribution >= 4 is 33.6 Å². The fraction of sp³-hybridized carbons (Fsp3) is 0.674. The minimum absolute atomic E-state index is 0.0911. The van der Waals surface area contributed by atoms with Crippen molar-refractivity contribution in [2.45, 2.75) is 373 Å². The van der Waals surface area contributed by atoms with Gasteiger partial charge in [0.15, 0.2) is 6.10 Å². The topological polar surface area (TPSA) is 231 Å². The van der Waals surface area contributed by atoms with E-state index in [2.05, 4.69) is 191 Å². The number of hydrogen-bond acceptors (Lipinski definition) is 14. The molecule has 0 spiro atoms. The van der Waals surface area contributed by atoms with Gasteiger partial charge in [-0.25, -0.2) is 9.13 Å². The van der Waals surface area contributed by atoms with E-state index in [1.54, 1.807) is 0 Å². The third kappa shape index (κ3) is 87.6. The molecule has 0 aliphatic rings. The highest BCUT2D eigenvalue weighted by atomic mass is 31.2. The Labute approximate surface area is 688 Å². The van der Waals surface area contributed by atoms with Gasteiger partial charge in [0, 0.05) is 19.3 Å². The number of phosphoric ester groups is 2. The second-order valence-electron chi connectivity index (χ2n) is 29.3. The third-order valence-corrected chi connectivity index (χ3v) is 20.3. The summed E-state index contributed by atoms with van der Waals surface area (Å²) in [5, 5.41) is 20.7. The quantitative estimate of drug-likeness (QED) is 0.0146. The van der Waals surface area contributed by atoms with Crippen molar-refractivity contribution in [3.05, 3.63) is 170 Å². The van der Waals surface area contributed by atoms with E-state index in [1.165, 1.54) is 122 Å². The molecule has 0 aromatic carbocycles. The fourth-order valence-corrected chi connectivity index (χ4v) is 13.3. The smallest absolute Gasteiger partial charge is 0.463 e. The molecule has 113 heavy (non-hydrogen) atoms. The zero-order valence-corrected chi connectivity index (χ0v) is 72.8. The predicted octanol–water partition coefficient (Wildman–Crippen LogP) is 27.1. The zero-order chi connectivity index (χ0) is 82.2. The van der Waals surface area contributed by atoms with E-state index >= 15 is 0 Å². The average Bonchev–Trinajstić information content (AvgIpc) is 0.897. The van der Waals surface area contributed by atoms with Crippen LogP contribution in [0.5, 0.6) is 0 Å². The lowest BCUT2D eigenvalue weighted by atomic mass is 10.0. The van der Waals surface area contributed by atoms with Gasteiger partial charge < -0.3 is 34.2 Å². The lowest BCUT2D eigenvalue weighted by Crippen LogP contribution is -2.30. The third-order valence-electron chi connectivity index (χ3n) is 18.4. The van der Waals surface area contributed by atoms with Gasteiger partial charge in [-0.05, 0) is 154 Å². The maximum atomic E-state index is 13.1. The number of hydrogen-bond donors (Lipinski definition) is 4. The van der Waals surface area contributed by atoms with Crippen LogP contribution >= 0.6 is 15.6 Å². The first kappa shape index (κ1) is 108. The zero-order valence-electron chi connectivity index (χ0n) is 71.0. The van der Waals surface area contributed by atoms with Crippen LogP contribution in [-0.4, -0.2) is 95.9 Å². The average molecular weight is 1620 g/mol. The molecule has 0 aliphatic carbocycles. The van der Waals surface area contributed by atoms with Gasteiger partial charge in [0.05, 0.1) is 26.4 Å². The molecule has 0 aromatic rings. The van der Waals surface area contributed by atoms with Crippen LogP contribution < -0.4 is 0 Å². The number of aliphatic hydroxyl groups excluding tert-OH is 2. The first-order valence-corrected chi connectivity index (χ1v) is 47.4. The predicted molar refractivity (Wildman–Crippen MR) is 472 cm³/mol. The number of allylic oxidation sites excluding steroid dienone is 28. The van der Waals surface area contributed by atoms with E-state index in [1.807, 2.05) is 0 Å². The van der Waals surface area contributed by atoms with E-state index in [9.17, 15) is 43.5 Å². The molecule has 0 aromatic heterocycles. The fourth-order valence-electron chi connectivity index (χ4n) is 11.7. The molecule has 0 saturated heterocycles. The largest absolute Gasteiger partial charge is 0.472 e. The van der Waals surface area contributed by atoms with Gasteiger partial charge >= 0.3 is 33.6 Å². The Kier molecular flexibility index (Phi) is 82.4. The number of phosphoric acid groups is 2. The number of carbonyl (C=O) groups excluding carboxylic acids is 3. The Morgan fingerprint density at radius 1 is 0.257 bits per heavy atom. The molecule has 0 saturated carbocycles. The maximum absolute atomic E-state index is 13.1. The van der Waals surface area contributed by atoms with Crippen molar-refractivity contribution in [3.63, 3.8) is 0 Å². The molecule has 646 valence electrons. The van der Waals surface area contributed by atoms with E-state index < -0.39 is 91.5 Å². The lowest BCUT2D eigenvalue weighted by molar-refractivity contribution is -0.161.